The fourth-order valence-corrected chi connectivity index (χ4v) is 4.75. The molecule has 7 heteroatoms. The minimum absolute atomic E-state index is 0.0256. The van der Waals surface area contributed by atoms with Gasteiger partial charge in [0.15, 0.2) is 9.84 Å². The van der Waals surface area contributed by atoms with Crippen molar-refractivity contribution in [3.63, 3.8) is 0 Å². The zero-order valence-corrected chi connectivity index (χ0v) is 12.9. The third-order valence-electron chi connectivity index (χ3n) is 4.16. The van der Waals surface area contributed by atoms with Crippen molar-refractivity contribution in [3.8, 4) is 0 Å². The highest BCUT2D eigenvalue weighted by Crippen LogP contribution is 2.23. The SMILES string of the molecule is CCCN1CC(C(=O)N(C)C2CCS(=O)(=O)C2)CC1=O. The maximum atomic E-state index is 12.4. The van der Waals surface area contributed by atoms with E-state index in [2.05, 4.69) is 0 Å². The fraction of sp³-hybridized carbons (Fsp3) is 0.846. The standard InChI is InChI=1S/C13H22N2O4S/c1-3-5-15-8-10(7-12(15)16)13(17)14(2)11-4-6-20(18,19)9-11/h10-11H,3-9H2,1-2H3. The Labute approximate surface area is 120 Å². The molecule has 0 aromatic rings. The number of sulfone groups is 1. The first-order valence-corrected chi connectivity index (χ1v) is 8.91. The number of carbonyl (C=O) groups excluding carboxylic acids is 2. The number of rotatable bonds is 4. The van der Waals surface area contributed by atoms with Gasteiger partial charge in [-0.05, 0) is 12.8 Å². The van der Waals surface area contributed by atoms with Crippen LogP contribution < -0.4 is 0 Å². The summed E-state index contributed by atoms with van der Waals surface area (Å²) in [6, 6.07) is -0.233. The van der Waals surface area contributed by atoms with E-state index in [9.17, 15) is 18.0 Å². The first-order valence-electron chi connectivity index (χ1n) is 7.09. The average Bonchev–Trinajstić information content (AvgIpc) is 2.92. The normalized spacial score (nSPS) is 28.9. The average molecular weight is 302 g/mol. The van der Waals surface area contributed by atoms with Crippen LogP contribution in [0.25, 0.3) is 0 Å². The van der Waals surface area contributed by atoms with Gasteiger partial charge in [0.2, 0.25) is 11.8 Å². The summed E-state index contributed by atoms with van der Waals surface area (Å²) >= 11 is 0. The molecule has 0 aromatic carbocycles. The summed E-state index contributed by atoms with van der Waals surface area (Å²) in [5, 5.41) is 0. The van der Waals surface area contributed by atoms with Gasteiger partial charge in [-0.25, -0.2) is 8.42 Å². The van der Waals surface area contributed by atoms with Crippen molar-refractivity contribution in [1.82, 2.24) is 9.80 Å². The van der Waals surface area contributed by atoms with Gasteiger partial charge in [0.1, 0.15) is 0 Å². The van der Waals surface area contributed by atoms with Gasteiger partial charge in [0.05, 0.1) is 17.4 Å². The summed E-state index contributed by atoms with van der Waals surface area (Å²) in [7, 11) is -1.35. The Hall–Kier alpha value is -1.11. The summed E-state index contributed by atoms with van der Waals surface area (Å²) in [6.45, 7) is 3.15. The zero-order chi connectivity index (χ0) is 14.9. The Bertz CT molecular complexity index is 503. The van der Waals surface area contributed by atoms with Crippen LogP contribution in [0.5, 0.6) is 0 Å². The van der Waals surface area contributed by atoms with Crippen LogP contribution in [0, 0.1) is 5.92 Å². The van der Waals surface area contributed by atoms with E-state index in [1.54, 1.807) is 11.9 Å². The quantitative estimate of drug-likeness (QED) is 0.726. The zero-order valence-electron chi connectivity index (χ0n) is 12.0. The summed E-state index contributed by atoms with van der Waals surface area (Å²) in [5.74, 6) is -0.186. The van der Waals surface area contributed by atoms with Crippen molar-refractivity contribution >= 4 is 21.7 Å². The van der Waals surface area contributed by atoms with Gasteiger partial charge in [0.25, 0.3) is 0 Å². The van der Waals surface area contributed by atoms with Gasteiger partial charge in [0, 0.05) is 32.6 Å². The topological polar surface area (TPSA) is 74.8 Å². The van der Waals surface area contributed by atoms with Crippen LogP contribution >= 0.6 is 0 Å². The van der Waals surface area contributed by atoms with Crippen LogP contribution in [0.1, 0.15) is 26.2 Å². The highest BCUT2D eigenvalue weighted by Gasteiger charge is 2.39. The largest absolute Gasteiger partial charge is 0.342 e. The Balaban J connectivity index is 1.97. The van der Waals surface area contributed by atoms with Crippen LogP contribution in [0.2, 0.25) is 0 Å². The number of hydrogen-bond donors (Lipinski definition) is 0. The smallest absolute Gasteiger partial charge is 0.228 e. The Morgan fingerprint density at radius 2 is 2.15 bits per heavy atom. The van der Waals surface area contributed by atoms with Crippen LogP contribution in [-0.2, 0) is 19.4 Å². The molecule has 2 atom stereocenters. The van der Waals surface area contributed by atoms with Crippen molar-refractivity contribution in [1.29, 1.82) is 0 Å². The minimum atomic E-state index is -3.00. The second-order valence-corrected chi connectivity index (χ2v) is 7.98. The van der Waals surface area contributed by atoms with Gasteiger partial charge in [-0.1, -0.05) is 6.92 Å². The lowest BCUT2D eigenvalue weighted by Gasteiger charge is -2.26. The Morgan fingerprint density at radius 3 is 2.70 bits per heavy atom. The predicted molar refractivity (Wildman–Crippen MR) is 74.8 cm³/mol. The van der Waals surface area contributed by atoms with E-state index in [4.69, 9.17) is 0 Å². The molecule has 2 fully saturated rings. The molecule has 0 radical (unpaired) electrons. The highest BCUT2D eigenvalue weighted by molar-refractivity contribution is 7.91. The maximum Gasteiger partial charge on any atom is 0.228 e. The number of nitrogens with zero attached hydrogens (tertiary/aromatic N) is 2. The van der Waals surface area contributed by atoms with Crippen molar-refractivity contribution in [2.45, 2.75) is 32.2 Å². The number of carbonyl (C=O) groups is 2. The summed E-state index contributed by atoms with van der Waals surface area (Å²) in [6.07, 6.45) is 1.63. The summed E-state index contributed by atoms with van der Waals surface area (Å²) in [4.78, 5) is 27.4. The molecule has 6 nitrogen and oxygen atoms in total. The fourth-order valence-electron chi connectivity index (χ4n) is 2.97. The second kappa shape index (κ2) is 5.71. The van der Waals surface area contributed by atoms with Gasteiger partial charge < -0.3 is 9.80 Å². The molecule has 2 saturated heterocycles. The molecular formula is C13H22N2O4S. The molecule has 2 amide bonds. The molecule has 2 rings (SSSR count). The molecule has 0 N–H and O–H groups in total. The third-order valence-corrected chi connectivity index (χ3v) is 5.91. The molecule has 0 aromatic heterocycles. The van der Waals surface area contributed by atoms with Crippen molar-refractivity contribution < 1.29 is 18.0 Å². The Kier molecular flexibility index (Phi) is 4.36. The lowest BCUT2D eigenvalue weighted by Crippen LogP contribution is -2.42. The summed E-state index contributed by atoms with van der Waals surface area (Å²) in [5.41, 5.74) is 0. The summed E-state index contributed by atoms with van der Waals surface area (Å²) < 4.78 is 23.0. The molecule has 114 valence electrons. The van der Waals surface area contributed by atoms with E-state index in [0.717, 1.165) is 6.42 Å². The molecule has 0 saturated carbocycles. The number of amides is 2. The van der Waals surface area contributed by atoms with E-state index >= 15 is 0 Å². The molecule has 0 spiro atoms. The van der Waals surface area contributed by atoms with Crippen molar-refractivity contribution in [2.75, 3.05) is 31.6 Å². The van der Waals surface area contributed by atoms with E-state index < -0.39 is 9.84 Å². The van der Waals surface area contributed by atoms with Crippen LogP contribution in [0.3, 0.4) is 0 Å². The molecule has 2 unspecified atom stereocenters. The molecule has 2 aliphatic heterocycles. The van der Waals surface area contributed by atoms with Gasteiger partial charge in [-0.2, -0.15) is 0 Å². The van der Waals surface area contributed by atoms with Crippen molar-refractivity contribution in [2.24, 2.45) is 5.92 Å². The van der Waals surface area contributed by atoms with Gasteiger partial charge in [-0.15, -0.1) is 0 Å². The first kappa shape index (κ1) is 15.3. The van der Waals surface area contributed by atoms with E-state index in [1.807, 2.05) is 6.92 Å². The third kappa shape index (κ3) is 3.13. The predicted octanol–water partition coefficient (Wildman–Crippen LogP) is -0.110. The lowest BCUT2D eigenvalue weighted by molar-refractivity contribution is -0.136. The van der Waals surface area contributed by atoms with Crippen LogP contribution in [-0.4, -0.2) is 67.7 Å². The number of hydrogen-bond acceptors (Lipinski definition) is 4. The van der Waals surface area contributed by atoms with Crippen LogP contribution in [0.4, 0.5) is 0 Å². The van der Waals surface area contributed by atoms with Gasteiger partial charge >= 0.3 is 0 Å². The molecule has 0 bridgehead atoms. The van der Waals surface area contributed by atoms with Crippen LogP contribution in [0.15, 0.2) is 0 Å². The Morgan fingerprint density at radius 1 is 1.45 bits per heavy atom. The molecular weight excluding hydrogens is 280 g/mol. The van der Waals surface area contributed by atoms with E-state index in [0.29, 0.717) is 19.5 Å². The lowest BCUT2D eigenvalue weighted by atomic mass is 10.1. The monoisotopic (exact) mass is 302 g/mol. The van der Waals surface area contributed by atoms with E-state index in [-0.39, 0.29) is 41.7 Å². The minimum Gasteiger partial charge on any atom is -0.342 e. The molecule has 2 aliphatic rings. The first-order chi connectivity index (χ1) is 9.34. The maximum absolute atomic E-state index is 12.4. The second-order valence-electron chi connectivity index (χ2n) is 5.75. The molecule has 0 aliphatic carbocycles. The number of likely N-dealkylation sites (tertiary alicyclic amines) is 1. The van der Waals surface area contributed by atoms with E-state index in [1.165, 1.54) is 4.90 Å². The van der Waals surface area contributed by atoms with Gasteiger partial charge in [-0.3, -0.25) is 9.59 Å². The highest BCUT2D eigenvalue weighted by atomic mass is 32.2. The van der Waals surface area contributed by atoms with Crippen molar-refractivity contribution in [3.05, 3.63) is 0 Å². The molecule has 20 heavy (non-hydrogen) atoms. The molecule has 2 heterocycles.